The number of hydrogen-bond acceptors (Lipinski definition) is 2. The van der Waals surface area contributed by atoms with E-state index in [-0.39, 0.29) is 17.1 Å². The molecule has 0 atom stereocenters. The van der Waals surface area contributed by atoms with Crippen LogP contribution in [0, 0.1) is 5.82 Å². The first kappa shape index (κ1) is 15.3. The maximum atomic E-state index is 13.6. The van der Waals surface area contributed by atoms with Crippen LogP contribution in [0.25, 0.3) is 0 Å². The van der Waals surface area contributed by atoms with Gasteiger partial charge < -0.3 is 10.4 Å². The number of carbonyl (C=O) groups is 1. The molecule has 3 nitrogen and oxygen atoms in total. The van der Waals surface area contributed by atoms with Gasteiger partial charge in [0.2, 0.25) is 0 Å². The SMILES string of the molecule is O=C(NCC1(O)CCCCCC1)c1ccc(Cl)cc1F. The molecule has 2 N–H and O–H groups in total. The molecule has 0 aliphatic heterocycles. The maximum absolute atomic E-state index is 13.6. The van der Waals surface area contributed by atoms with Crippen LogP contribution in [0.2, 0.25) is 5.02 Å². The Morgan fingerprint density at radius 1 is 1.30 bits per heavy atom. The number of carbonyl (C=O) groups excluding carboxylic acids is 1. The van der Waals surface area contributed by atoms with E-state index in [0.717, 1.165) is 31.7 Å². The Labute approximate surface area is 123 Å². The molecular formula is C15H19ClFNO2. The van der Waals surface area contributed by atoms with E-state index in [2.05, 4.69) is 5.32 Å². The van der Waals surface area contributed by atoms with Crippen molar-refractivity contribution in [3.8, 4) is 0 Å². The molecular weight excluding hydrogens is 281 g/mol. The van der Waals surface area contributed by atoms with E-state index in [1.807, 2.05) is 0 Å². The van der Waals surface area contributed by atoms with Crippen LogP contribution in [0.4, 0.5) is 4.39 Å². The molecule has 1 aliphatic carbocycles. The molecule has 5 heteroatoms. The Bertz CT molecular complexity index is 485. The second kappa shape index (κ2) is 6.55. The Morgan fingerprint density at radius 3 is 2.55 bits per heavy atom. The molecule has 20 heavy (non-hydrogen) atoms. The number of rotatable bonds is 3. The van der Waals surface area contributed by atoms with Crippen LogP contribution in [0.5, 0.6) is 0 Å². The first-order valence-electron chi connectivity index (χ1n) is 6.96. The van der Waals surface area contributed by atoms with Crippen LogP contribution < -0.4 is 5.32 Å². The van der Waals surface area contributed by atoms with Gasteiger partial charge in [0.1, 0.15) is 5.82 Å². The fraction of sp³-hybridized carbons (Fsp3) is 0.533. The van der Waals surface area contributed by atoms with Crippen molar-refractivity contribution in [2.75, 3.05) is 6.54 Å². The largest absolute Gasteiger partial charge is 0.388 e. The van der Waals surface area contributed by atoms with Gasteiger partial charge in [-0.1, -0.05) is 37.3 Å². The first-order valence-corrected chi connectivity index (χ1v) is 7.34. The first-order chi connectivity index (χ1) is 9.50. The van der Waals surface area contributed by atoms with Crippen LogP contribution in [0.3, 0.4) is 0 Å². The van der Waals surface area contributed by atoms with Crippen LogP contribution in [0.1, 0.15) is 48.9 Å². The topological polar surface area (TPSA) is 49.3 Å². The summed E-state index contributed by atoms with van der Waals surface area (Å²) < 4.78 is 13.6. The van der Waals surface area contributed by atoms with E-state index < -0.39 is 17.3 Å². The smallest absolute Gasteiger partial charge is 0.254 e. The number of nitrogens with one attached hydrogen (secondary N) is 1. The molecule has 110 valence electrons. The summed E-state index contributed by atoms with van der Waals surface area (Å²) in [5.74, 6) is -1.17. The summed E-state index contributed by atoms with van der Waals surface area (Å²) in [5, 5.41) is 13.3. The Hall–Kier alpha value is -1.13. The molecule has 1 aromatic rings. The normalized spacial score (nSPS) is 18.4. The molecule has 0 bridgehead atoms. The van der Waals surface area contributed by atoms with Crippen molar-refractivity contribution in [1.29, 1.82) is 0 Å². The van der Waals surface area contributed by atoms with Gasteiger partial charge >= 0.3 is 0 Å². The van der Waals surface area contributed by atoms with E-state index in [1.54, 1.807) is 0 Å². The van der Waals surface area contributed by atoms with Gasteiger partial charge in [-0.25, -0.2) is 4.39 Å². The zero-order chi connectivity index (χ0) is 14.6. The lowest BCUT2D eigenvalue weighted by Crippen LogP contribution is -2.42. The average molecular weight is 300 g/mol. The predicted octanol–water partition coefficient (Wildman–Crippen LogP) is 3.29. The Balaban J connectivity index is 1.97. The quantitative estimate of drug-likeness (QED) is 0.841. The van der Waals surface area contributed by atoms with Crippen LogP contribution >= 0.6 is 11.6 Å². The van der Waals surface area contributed by atoms with Gasteiger partial charge in [-0.15, -0.1) is 0 Å². The summed E-state index contributed by atoms with van der Waals surface area (Å²) in [6.45, 7) is 0.161. The lowest BCUT2D eigenvalue weighted by molar-refractivity contribution is 0.0246. The molecule has 1 saturated carbocycles. The monoisotopic (exact) mass is 299 g/mol. The van der Waals surface area contributed by atoms with E-state index in [0.29, 0.717) is 12.8 Å². The number of hydrogen-bond donors (Lipinski definition) is 2. The molecule has 1 fully saturated rings. The van der Waals surface area contributed by atoms with Crippen molar-refractivity contribution in [3.63, 3.8) is 0 Å². The number of benzene rings is 1. The Kier molecular flexibility index (Phi) is 5.00. The summed E-state index contributed by atoms with van der Waals surface area (Å²) in [7, 11) is 0. The van der Waals surface area contributed by atoms with Crippen LogP contribution in [-0.2, 0) is 0 Å². The lowest BCUT2D eigenvalue weighted by Gasteiger charge is -2.26. The van der Waals surface area contributed by atoms with Crippen molar-refractivity contribution in [1.82, 2.24) is 5.32 Å². The molecule has 0 unspecified atom stereocenters. The van der Waals surface area contributed by atoms with Crippen LogP contribution in [0.15, 0.2) is 18.2 Å². The molecule has 0 aromatic heterocycles. The Morgan fingerprint density at radius 2 is 1.95 bits per heavy atom. The van der Waals surface area contributed by atoms with E-state index in [1.165, 1.54) is 12.1 Å². The van der Waals surface area contributed by atoms with Crippen molar-refractivity contribution >= 4 is 17.5 Å². The molecule has 0 heterocycles. The summed E-state index contributed by atoms with van der Waals surface area (Å²) in [6, 6.07) is 3.93. The third kappa shape index (κ3) is 3.93. The van der Waals surface area contributed by atoms with Crippen LogP contribution in [-0.4, -0.2) is 23.2 Å². The molecule has 0 spiro atoms. The molecule has 1 aliphatic rings. The van der Waals surface area contributed by atoms with E-state index >= 15 is 0 Å². The van der Waals surface area contributed by atoms with E-state index in [9.17, 15) is 14.3 Å². The fourth-order valence-electron chi connectivity index (χ4n) is 2.58. The highest BCUT2D eigenvalue weighted by Gasteiger charge is 2.28. The second-order valence-electron chi connectivity index (χ2n) is 5.45. The highest BCUT2D eigenvalue weighted by Crippen LogP contribution is 2.26. The molecule has 1 aromatic carbocycles. The molecule has 0 saturated heterocycles. The van der Waals surface area contributed by atoms with Gasteiger partial charge in [0.15, 0.2) is 0 Å². The van der Waals surface area contributed by atoms with Gasteiger partial charge in [-0.2, -0.15) is 0 Å². The summed E-state index contributed by atoms with van der Waals surface area (Å²) in [5.41, 5.74) is -0.915. The minimum Gasteiger partial charge on any atom is -0.388 e. The zero-order valence-corrected chi connectivity index (χ0v) is 12.0. The van der Waals surface area contributed by atoms with Crippen molar-refractivity contribution in [2.45, 2.75) is 44.1 Å². The minimum atomic E-state index is -0.866. The standard InChI is InChI=1S/C15H19ClFNO2/c16-11-5-6-12(13(17)9-11)14(19)18-10-15(20)7-3-1-2-4-8-15/h5-6,9,20H,1-4,7-8,10H2,(H,18,19). The zero-order valence-electron chi connectivity index (χ0n) is 11.3. The highest BCUT2D eigenvalue weighted by atomic mass is 35.5. The van der Waals surface area contributed by atoms with Gasteiger partial charge in [-0.3, -0.25) is 4.79 Å². The van der Waals surface area contributed by atoms with E-state index in [4.69, 9.17) is 11.6 Å². The number of aliphatic hydroxyl groups is 1. The molecule has 0 radical (unpaired) electrons. The minimum absolute atomic E-state index is 0.0494. The summed E-state index contributed by atoms with van der Waals surface area (Å²) in [6.07, 6.45) is 5.50. The maximum Gasteiger partial charge on any atom is 0.254 e. The molecule has 2 rings (SSSR count). The van der Waals surface area contributed by atoms with Crippen molar-refractivity contribution in [2.24, 2.45) is 0 Å². The number of halogens is 2. The summed E-state index contributed by atoms with van der Waals surface area (Å²) in [4.78, 5) is 11.9. The van der Waals surface area contributed by atoms with Gasteiger partial charge in [0, 0.05) is 11.6 Å². The summed E-state index contributed by atoms with van der Waals surface area (Å²) >= 11 is 5.65. The van der Waals surface area contributed by atoms with Gasteiger partial charge in [0.25, 0.3) is 5.91 Å². The average Bonchev–Trinajstić information content (AvgIpc) is 2.61. The molecule has 1 amide bonds. The third-order valence-corrected chi connectivity index (χ3v) is 4.02. The van der Waals surface area contributed by atoms with Crippen molar-refractivity contribution in [3.05, 3.63) is 34.6 Å². The van der Waals surface area contributed by atoms with Gasteiger partial charge in [0.05, 0.1) is 11.2 Å². The third-order valence-electron chi connectivity index (χ3n) is 3.79. The second-order valence-corrected chi connectivity index (χ2v) is 5.88. The number of amides is 1. The lowest BCUT2D eigenvalue weighted by atomic mass is 9.94. The predicted molar refractivity (Wildman–Crippen MR) is 76.4 cm³/mol. The van der Waals surface area contributed by atoms with Crippen molar-refractivity contribution < 1.29 is 14.3 Å². The highest BCUT2D eigenvalue weighted by molar-refractivity contribution is 6.30. The van der Waals surface area contributed by atoms with Gasteiger partial charge in [-0.05, 0) is 31.0 Å². The fourth-order valence-corrected chi connectivity index (χ4v) is 2.74.